The fraction of sp³-hybridized carbons (Fsp3) is 0.250. The number of rotatable bonds is 6. The van der Waals surface area contributed by atoms with Gasteiger partial charge in [0.1, 0.15) is 17.9 Å². The van der Waals surface area contributed by atoms with E-state index in [1.807, 2.05) is 0 Å². The highest BCUT2D eigenvalue weighted by molar-refractivity contribution is 6.30. The molecule has 0 aliphatic carbocycles. The zero-order valence-electron chi connectivity index (χ0n) is 15.2. The molecule has 4 amide bonds. The maximum Gasteiger partial charge on any atom is 0.325 e. The SMILES string of the molecule is CC[C@@]1(c2ccc(F)cc2)NC(=O)N(CC(=O)NCc2ccc(Cl)cc2)C1=O. The number of urea groups is 1. The van der Waals surface area contributed by atoms with Gasteiger partial charge in [-0.25, -0.2) is 9.18 Å². The third-order valence-electron chi connectivity index (χ3n) is 4.75. The van der Waals surface area contributed by atoms with Gasteiger partial charge in [0.05, 0.1) is 0 Å². The molecule has 1 heterocycles. The third kappa shape index (κ3) is 3.84. The van der Waals surface area contributed by atoms with Gasteiger partial charge in [0.2, 0.25) is 5.91 Å². The molecule has 2 aromatic rings. The van der Waals surface area contributed by atoms with Crippen LogP contribution in [0, 0.1) is 5.82 Å². The largest absolute Gasteiger partial charge is 0.350 e. The Hall–Kier alpha value is -2.93. The fourth-order valence-corrected chi connectivity index (χ4v) is 3.27. The first-order valence-electron chi connectivity index (χ1n) is 8.77. The summed E-state index contributed by atoms with van der Waals surface area (Å²) < 4.78 is 13.2. The highest BCUT2D eigenvalue weighted by atomic mass is 35.5. The van der Waals surface area contributed by atoms with Gasteiger partial charge in [-0.2, -0.15) is 0 Å². The molecule has 6 nitrogen and oxygen atoms in total. The minimum absolute atomic E-state index is 0.247. The lowest BCUT2D eigenvalue weighted by Crippen LogP contribution is -2.44. The van der Waals surface area contributed by atoms with E-state index in [-0.39, 0.29) is 13.0 Å². The Kier molecular flexibility index (Phi) is 5.65. The summed E-state index contributed by atoms with van der Waals surface area (Å²) in [5.74, 6) is -1.44. The van der Waals surface area contributed by atoms with Gasteiger partial charge in [0, 0.05) is 11.6 Å². The molecule has 0 aromatic heterocycles. The lowest BCUT2D eigenvalue weighted by atomic mass is 9.87. The number of imide groups is 1. The Balaban J connectivity index is 1.69. The molecular formula is C20H19ClFN3O3. The van der Waals surface area contributed by atoms with Crippen LogP contribution < -0.4 is 10.6 Å². The number of carbonyl (C=O) groups is 3. The number of nitrogens with one attached hydrogen (secondary N) is 2. The lowest BCUT2D eigenvalue weighted by Gasteiger charge is -2.25. The van der Waals surface area contributed by atoms with Crippen LogP contribution in [0.1, 0.15) is 24.5 Å². The van der Waals surface area contributed by atoms with Gasteiger partial charge in [-0.3, -0.25) is 14.5 Å². The molecule has 1 aliphatic heterocycles. The highest BCUT2D eigenvalue weighted by Crippen LogP contribution is 2.32. The highest BCUT2D eigenvalue weighted by Gasteiger charge is 2.51. The molecule has 1 saturated heterocycles. The zero-order valence-corrected chi connectivity index (χ0v) is 15.9. The van der Waals surface area contributed by atoms with Crippen LogP contribution >= 0.6 is 11.6 Å². The van der Waals surface area contributed by atoms with Crippen molar-refractivity contribution in [2.24, 2.45) is 0 Å². The normalized spacial score (nSPS) is 18.9. The van der Waals surface area contributed by atoms with Gasteiger partial charge >= 0.3 is 6.03 Å². The number of hydrogen-bond donors (Lipinski definition) is 2. The number of hydrogen-bond acceptors (Lipinski definition) is 3. The molecule has 0 saturated carbocycles. The Morgan fingerprint density at radius 1 is 1.14 bits per heavy atom. The van der Waals surface area contributed by atoms with Gasteiger partial charge < -0.3 is 10.6 Å². The predicted octanol–water partition coefficient (Wildman–Crippen LogP) is 2.95. The summed E-state index contributed by atoms with van der Waals surface area (Å²) in [7, 11) is 0. The van der Waals surface area contributed by atoms with Crippen LogP contribution in [0.3, 0.4) is 0 Å². The molecular weight excluding hydrogens is 385 g/mol. The van der Waals surface area contributed by atoms with Crippen LogP contribution in [-0.4, -0.2) is 29.3 Å². The second kappa shape index (κ2) is 7.98. The summed E-state index contributed by atoms with van der Waals surface area (Å²) >= 11 is 5.82. The van der Waals surface area contributed by atoms with Crippen LogP contribution in [0.4, 0.5) is 9.18 Å². The van der Waals surface area contributed by atoms with Crippen LogP contribution in [0.25, 0.3) is 0 Å². The summed E-state index contributed by atoms with van der Waals surface area (Å²) in [5, 5.41) is 5.92. The van der Waals surface area contributed by atoms with Crippen LogP contribution in [0.2, 0.25) is 5.02 Å². The van der Waals surface area contributed by atoms with Gasteiger partial charge in [-0.1, -0.05) is 42.8 Å². The average Bonchev–Trinajstić information content (AvgIpc) is 2.93. The summed E-state index contributed by atoms with van der Waals surface area (Å²) in [5.41, 5.74) is 0.00400. The van der Waals surface area contributed by atoms with Crippen molar-refractivity contribution in [2.45, 2.75) is 25.4 Å². The first-order valence-corrected chi connectivity index (χ1v) is 9.15. The standard InChI is InChI=1S/C20H19ClFN3O3/c1-2-20(14-5-9-16(22)10-6-14)18(27)25(19(28)24-20)12-17(26)23-11-13-3-7-15(21)8-4-13/h3-10H,2,11-12H2,1H3,(H,23,26)(H,24,28)/t20-/m0/s1. The van der Waals surface area contributed by atoms with Crippen molar-refractivity contribution < 1.29 is 18.8 Å². The topological polar surface area (TPSA) is 78.5 Å². The van der Waals surface area contributed by atoms with E-state index in [0.717, 1.165) is 10.5 Å². The van der Waals surface area contributed by atoms with Crippen LogP contribution in [0.5, 0.6) is 0 Å². The fourth-order valence-electron chi connectivity index (χ4n) is 3.15. The van der Waals surface area contributed by atoms with Gasteiger partial charge in [0.15, 0.2) is 0 Å². The molecule has 28 heavy (non-hydrogen) atoms. The molecule has 0 spiro atoms. The number of halogens is 2. The molecule has 0 radical (unpaired) electrons. The van der Waals surface area contributed by atoms with E-state index in [9.17, 15) is 18.8 Å². The monoisotopic (exact) mass is 403 g/mol. The van der Waals surface area contributed by atoms with Gasteiger partial charge in [-0.15, -0.1) is 0 Å². The molecule has 2 N–H and O–H groups in total. The van der Waals surface area contributed by atoms with Crippen LogP contribution in [-0.2, 0) is 21.7 Å². The van der Waals surface area contributed by atoms with E-state index in [1.165, 1.54) is 24.3 Å². The van der Waals surface area contributed by atoms with E-state index in [2.05, 4.69) is 10.6 Å². The Morgan fingerprint density at radius 3 is 2.39 bits per heavy atom. The number of benzene rings is 2. The van der Waals surface area contributed by atoms with E-state index >= 15 is 0 Å². The van der Waals surface area contributed by atoms with Crippen molar-refractivity contribution in [3.05, 3.63) is 70.5 Å². The van der Waals surface area contributed by atoms with Crippen molar-refractivity contribution in [3.8, 4) is 0 Å². The predicted molar refractivity (Wildman–Crippen MR) is 102 cm³/mol. The second-order valence-electron chi connectivity index (χ2n) is 6.49. The van der Waals surface area contributed by atoms with E-state index in [4.69, 9.17) is 11.6 Å². The second-order valence-corrected chi connectivity index (χ2v) is 6.93. The maximum atomic E-state index is 13.2. The molecule has 1 fully saturated rings. The van der Waals surface area contributed by atoms with E-state index in [1.54, 1.807) is 31.2 Å². The van der Waals surface area contributed by atoms with Gasteiger partial charge in [0.25, 0.3) is 5.91 Å². The molecule has 2 aromatic carbocycles. The summed E-state index contributed by atoms with van der Waals surface area (Å²) in [4.78, 5) is 38.5. The molecule has 3 rings (SSSR count). The third-order valence-corrected chi connectivity index (χ3v) is 5.00. The van der Waals surface area contributed by atoms with Crippen molar-refractivity contribution >= 4 is 29.4 Å². The smallest absolute Gasteiger partial charge is 0.325 e. The summed E-state index contributed by atoms with van der Waals surface area (Å²) in [6.45, 7) is 1.59. The number of amides is 4. The maximum absolute atomic E-state index is 13.2. The first kappa shape index (κ1) is 19.8. The molecule has 146 valence electrons. The van der Waals surface area contributed by atoms with Crippen molar-refractivity contribution in [1.29, 1.82) is 0 Å². The molecule has 1 atom stereocenters. The Morgan fingerprint density at radius 2 is 1.79 bits per heavy atom. The molecule has 0 bridgehead atoms. The van der Waals surface area contributed by atoms with E-state index < -0.39 is 35.7 Å². The van der Waals surface area contributed by atoms with E-state index in [0.29, 0.717) is 10.6 Å². The molecule has 0 unspecified atom stereocenters. The van der Waals surface area contributed by atoms with Crippen molar-refractivity contribution in [1.82, 2.24) is 15.5 Å². The first-order chi connectivity index (χ1) is 13.4. The summed E-state index contributed by atoms with van der Waals surface area (Å²) in [6.07, 6.45) is 0.270. The molecule has 8 heteroatoms. The minimum Gasteiger partial charge on any atom is -0.350 e. The molecule has 1 aliphatic rings. The number of carbonyl (C=O) groups excluding carboxylic acids is 3. The van der Waals surface area contributed by atoms with Crippen molar-refractivity contribution in [2.75, 3.05) is 6.54 Å². The lowest BCUT2D eigenvalue weighted by molar-refractivity contribution is -0.135. The summed E-state index contributed by atoms with van der Waals surface area (Å²) in [6, 6.07) is 11.7. The quantitative estimate of drug-likeness (QED) is 0.728. The Bertz CT molecular complexity index is 902. The van der Waals surface area contributed by atoms with Gasteiger partial charge in [-0.05, 0) is 41.8 Å². The van der Waals surface area contributed by atoms with Crippen molar-refractivity contribution in [3.63, 3.8) is 0 Å². The van der Waals surface area contributed by atoms with Crippen LogP contribution in [0.15, 0.2) is 48.5 Å². The minimum atomic E-state index is -1.30. The zero-order chi connectivity index (χ0) is 20.3. The number of nitrogens with zero attached hydrogens (tertiary/aromatic N) is 1. The Labute approximate surface area is 166 Å². The average molecular weight is 404 g/mol.